The van der Waals surface area contributed by atoms with Crippen LogP contribution in [0.3, 0.4) is 0 Å². The zero-order valence-electron chi connectivity index (χ0n) is 8.48. The zero-order valence-corrected chi connectivity index (χ0v) is 8.48. The average Bonchev–Trinajstić information content (AvgIpc) is 1.84. The minimum atomic E-state index is -0.186. The highest BCUT2D eigenvalue weighted by Crippen LogP contribution is 2.43. The molecule has 1 aliphatic carbocycles. The van der Waals surface area contributed by atoms with Gasteiger partial charge < -0.3 is 5.32 Å². The molecule has 0 saturated heterocycles. The molecule has 2 unspecified atom stereocenters. The Morgan fingerprint density at radius 2 is 2.17 bits per heavy atom. The van der Waals surface area contributed by atoms with E-state index in [9.17, 15) is 4.79 Å². The first-order valence-electron chi connectivity index (χ1n) is 4.74. The molecule has 0 bridgehead atoms. The van der Waals surface area contributed by atoms with E-state index in [1.54, 1.807) is 6.92 Å². The summed E-state index contributed by atoms with van der Waals surface area (Å²) >= 11 is 0. The minimum Gasteiger partial charge on any atom is -0.308 e. The van der Waals surface area contributed by atoms with Gasteiger partial charge in [-0.2, -0.15) is 0 Å². The number of rotatable bonds is 3. The lowest BCUT2D eigenvalue weighted by Crippen LogP contribution is -2.63. The van der Waals surface area contributed by atoms with E-state index in [0.29, 0.717) is 17.6 Å². The van der Waals surface area contributed by atoms with Crippen molar-refractivity contribution in [2.24, 2.45) is 11.8 Å². The first-order chi connectivity index (χ1) is 5.54. The van der Waals surface area contributed by atoms with Crippen LogP contribution in [0.25, 0.3) is 0 Å². The molecule has 2 nitrogen and oxygen atoms in total. The molecule has 0 spiro atoms. The van der Waals surface area contributed by atoms with Gasteiger partial charge in [0.25, 0.3) is 0 Å². The fraction of sp³-hybridized carbons (Fsp3) is 0.900. The normalized spacial score (nSPS) is 34.9. The van der Waals surface area contributed by atoms with Gasteiger partial charge in [0.1, 0.15) is 5.78 Å². The van der Waals surface area contributed by atoms with Crippen LogP contribution in [0.5, 0.6) is 0 Å². The van der Waals surface area contributed by atoms with Gasteiger partial charge in [-0.25, -0.2) is 0 Å². The molecule has 0 radical (unpaired) electrons. The topological polar surface area (TPSA) is 29.1 Å². The number of likely N-dealkylation sites (N-methyl/N-ethyl adjacent to an activating group) is 1. The standard InChI is InChI=1S/C10H19NO/c1-7(2)9-5-6-10(9,11-4)8(3)12/h7,9,11H,5-6H2,1-4H3. The van der Waals surface area contributed by atoms with Crippen LogP contribution in [0.4, 0.5) is 0 Å². The molecule has 70 valence electrons. The lowest BCUT2D eigenvalue weighted by molar-refractivity contribution is -0.131. The molecule has 1 aliphatic rings. The number of Topliss-reactive ketones (excluding diaryl/α,β-unsaturated/α-hetero) is 1. The van der Waals surface area contributed by atoms with Crippen molar-refractivity contribution >= 4 is 5.78 Å². The van der Waals surface area contributed by atoms with Crippen molar-refractivity contribution in [2.75, 3.05) is 7.05 Å². The maximum Gasteiger partial charge on any atom is 0.150 e. The third kappa shape index (κ3) is 1.18. The lowest BCUT2D eigenvalue weighted by Gasteiger charge is -2.50. The summed E-state index contributed by atoms with van der Waals surface area (Å²) in [5.41, 5.74) is -0.186. The van der Waals surface area contributed by atoms with Gasteiger partial charge in [-0.15, -0.1) is 0 Å². The highest BCUT2D eigenvalue weighted by atomic mass is 16.1. The summed E-state index contributed by atoms with van der Waals surface area (Å²) in [6.07, 6.45) is 2.21. The van der Waals surface area contributed by atoms with E-state index in [1.165, 1.54) is 6.42 Å². The molecule has 0 aromatic carbocycles. The van der Waals surface area contributed by atoms with E-state index in [1.807, 2.05) is 7.05 Å². The lowest BCUT2D eigenvalue weighted by atomic mass is 9.60. The monoisotopic (exact) mass is 169 g/mol. The molecule has 0 aromatic heterocycles. The van der Waals surface area contributed by atoms with Gasteiger partial charge in [-0.3, -0.25) is 4.79 Å². The maximum atomic E-state index is 11.4. The highest BCUT2D eigenvalue weighted by Gasteiger charge is 2.50. The molecule has 0 aromatic rings. The third-order valence-electron chi connectivity index (χ3n) is 3.36. The number of carbonyl (C=O) groups excluding carboxylic acids is 1. The van der Waals surface area contributed by atoms with Crippen LogP contribution in [0, 0.1) is 11.8 Å². The molecule has 1 rings (SSSR count). The van der Waals surface area contributed by atoms with E-state index in [0.717, 1.165) is 6.42 Å². The van der Waals surface area contributed by atoms with E-state index >= 15 is 0 Å². The summed E-state index contributed by atoms with van der Waals surface area (Å²) < 4.78 is 0. The van der Waals surface area contributed by atoms with Crippen LogP contribution in [0.1, 0.15) is 33.6 Å². The predicted octanol–water partition coefficient (Wildman–Crippen LogP) is 1.60. The Balaban J connectivity index is 2.75. The Kier molecular flexibility index (Phi) is 2.57. The van der Waals surface area contributed by atoms with Gasteiger partial charge in [0.05, 0.1) is 5.54 Å². The molecule has 1 saturated carbocycles. The number of carbonyl (C=O) groups is 1. The van der Waals surface area contributed by atoms with Crippen LogP contribution in [0.2, 0.25) is 0 Å². The van der Waals surface area contributed by atoms with Gasteiger partial charge >= 0.3 is 0 Å². The van der Waals surface area contributed by atoms with Crippen molar-refractivity contribution < 1.29 is 4.79 Å². The van der Waals surface area contributed by atoms with Crippen LogP contribution in [-0.4, -0.2) is 18.4 Å². The Bertz CT molecular complexity index is 184. The fourth-order valence-electron chi connectivity index (χ4n) is 2.43. The van der Waals surface area contributed by atoms with Crippen molar-refractivity contribution in [3.05, 3.63) is 0 Å². The van der Waals surface area contributed by atoms with E-state index in [2.05, 4.69) is 19.2 Å². The summed E-state index contributed by atoms with van der Waals surface area (Å²) in [6.45, 7) is 6.09. The molecule has 0 aliphatic heterocycles. The molecule has 2 atom stereocenters. The van der Waals surface area contributed by atoms with Gasteiger partial charge in [-0.1, -0.05) is 13.8 Å². The maximum absolute atomic E-state index is 11.4. The summed E-state index contributed by atoms with van der Waals surface area (Å²) in [4.78, 5) is 11.4. The van der Waals surface area contributed by atoms with Crippen LogP contribution in [-0.2, 0) is 4.79 Å². The van der Waals surface area contributed by atoms with Gasteiger partial charge in [0, 0.05) is 0 Å². The quantitative estimate of drug-likeness (QED) is 0.695. The van der Waals surface area contributed by atoms with Crippen molar-refractivity contribution in [2.45, 2.75) is 39.2 Å². The van der Waals surface area contributed by atoms with Crippen molar-refractivity contribution in [1.29, 1.82) is 0 Å². The molecule has 12 heavy (non-hydrogen) atoms. The summed E-state index contributed by atoms with van der Waals surface area (Å²) in [5, 5.41) is 3.20. The van der Waals surface area contributed by atoms with Crippen LogP contribution in [0.15, 0.2) is 0 Å². The molecule has 1 fully saturated rings. The minimum absolute atomic E-state index is 0.186. The average molecular weight is 169 g/mol. The van der Waals surface area contributed by atoms with Crippen molar-refractivity contribution in [3.63, 3.8) is 0 Å². The first-order valence-corrected chi connectivity index (χ1v) is 4.74. The fourth-order valence-corrected chi connectivity index (χ4v) is 2.43. The summed E-state index contributed by atoms with van der Waals surface area (Å²) in [7, 11) is 1.90. The molecule has 0 heterocycles. The van der Waals surface area contributed by atoms with Gasteiger partial charge in [-0.05, 0) is 38.6 Å². The number of nitrogens with one attached hydrogen (secondary N) is 1. The smallest absolute Gasteiger partial charge is 0.150 e. The SMILES string of the molecule is CNC1(C(C)=O)CCC1C(C)C. The Labute approximate surface area is 74.7 Å². The molecular weight excluding hydrogens is 150 g/mol. The molecule has 1 N–H and O–H groups in total. The van der Waals surface area contributed by atoms with Gasteiger partial charge in [0.15, 0.2) is 0 Å². The van der Waals surface area contributed by atoms with E-state index < -0.39 is 0 Å². The van der Waals surface area contributed by atoms with E-state index in [4.69, 9.17) is 0 Å². The number of hydrogen-bond acceptors (Lipinski definition) is 2. The first kappa shape index (κ1) is 9.72. The molecular formula is C10H19NO. The Morgan fingerprint density at radius 1 is 1.58 bits per heavy atom. The molecule has 2 heteroatoms. The highest BCUT2D eigenvalue weighted by molar-refractivity contribution is 5.87. The zero-order chi connectivity index (χ0) is 9.35. The largest absolute Gasteiger partial charge is 0.308 e. The second-order valence-electron chi connectivity index (χ2n) is 4.17. The van der Waals surface area contributed by atoms with E-state index in [-0.39, 0.29) is 5.54 Å². The predicted molar refractivity (Wildman–Crippen MR) is 50.0 cm³/mol. The third-order valence-corrected chi connectivity index (χ3v) is 3.36. The second-order valence-corrected chi connectivity index (χ2v) is 4.17. The molecule has 0 amide bonds. The van der Waals surface area contributed by atoms with Crippen molar-refractivity contribution in [3.8, 4) is 0 Å². The van der Waals surface area contributed by atoms with Crippen LogP contribution >= 0.6 is 0 Å². The van der Waals surface area contributed by atoms with Crippen molar-refractivity contribution in [1.82, 2.24) is 5.32 Å². The number of ketones is 1. The summed E-state index contributed by atoms with van der Waals surface area (Å²) in [6, 6.07) is 0. The van der Waals surface area contributed by atoms with Crippen LogP contribution < -0.4 is 5.32 Å². The Hall–Kier alpha value is -0.370. The van der Waals surface area contributed by atoms with Gasteiger partial charge in [0.2, 0.25) is 0 Å². The Morgan fingerprint density at radius 3 is 2.25 bits per heavy atom. The number of hydrogen-bond donors (Lipinski definition) is 1. The summed E-state index contributed by atoms with van der Waals surface area (Å²) in [5.74, 6) is 1.45. The second kappa shape index (κ2) is 3.17.